The van der Waals surface area contributed by atoms with Crippen molar-refractivity contribution in [3.63, 3.8) is 0 Å². The zero-order valence-electron chi connectivity index (χ0n) is 10.1. The molecule has 5 nitrogen and oxygen atoms in total. The molecule has 0 spiro atoms. The first-order chi connectivity index (χ1) is 7.85. The molecule has 0 aliphatic rings. The summed E-state index contributed by atoms with van der Waals surface area (Å²) < 4.78 is 0. The van der Waals surface area contributed by atoms with E-state index in [9.17, 15) is 9.59 Å². The maximum Gasteiger partial charge on any atom is 0.329 e. The number of carbonyl (C=O) groups excluding carboxylic acids is 1. The SMILES string of the molecule is CN(C(=O)CCc1nccs1)C(C)(C)C(=O)O. The summed E-state index contributed by atoms with van der Waals surface area (Å²) in [6.45, 7) is 3.02. The Balaban J connectivity index is 2.56. The van der Waals surface area contributed by atoms with Crippen LogP contribution in [0.2, 0.25) is 0 Å². The lowest BCUT2D eigenvalue weighted by atomic mass is 10.0. The molecule has 1 rings (SSSR count). The van der Waals surface area contributed by atoms with E-state index >= 15 is 0 Å². The quantitative estimate of drug-likeness (QED) is 0.864. The van der Waals surface area contributed by atoms with Gasteiger partial charge in [0.1, 0.15) is 5.54 Å². The molecule has 0 bridgehead atoms. The summed E-state index contributed by atoms with van der Waals surface area (Å²) in [5, 5.41) is 11.7. The molecular formula is C11H16N2O3S. The van der Waals surface area contributed by atoms with Crippen molar-refractivity contribution < 1.29 is 14.7 Å². The van der Waals surface area contributed by atoms with Crippen LogP contribution in [0.15, 0.2) is 11.6 Å². The maximum atomic E-state index is 11.8. The van der Waals surface area contributed by atoms with E-state index in [2.05, 4.69) is 4.98 Å². The molecule has 1 aromatic heterocycles. The molecule has 0 unspecified atom stereocenters. The molecule has 94 valence electrons. The summed E-state index contributed by atoms with van der Waals surface area (Å²) in [7, 11) is 1.51. The van der Waals surface area contributed by atoms with Gasteiger partial charge < -0.3 is 10.0 Å². The van der Waals surface area contributed by atoms with Crippen LogP contribution in [0.4, 0.5) is 0 Å². The third-order valence-electron chi connectivity index (χ3n) is 2.77. The van der Waals surface area contributed by atoms with Crippen LogP contribution < -0.4 is 0 Å². The molecule has 0 atom stereocenters. The third kappa shape index (κ3) is 3.26. The lowest BCUT2D eigenvalue weighted by molar-refractivity contribution is -0.155. The average Bonchev–Trinajstić information content (AvgIpc) is 2.77. The first kappa shape index (κ1) is 13.6. The van der Waals surface area contributed by atoms with E-state index in [1.54, 1.807) is 6.20 Å². The molecule has 1 heterocycles. The van der Waals surface area contributed by atoms with E-state index < -0.39 is 11.5 Å². The first-order valence-corrected chi connectivity index (χ1v) is 6.12. The zero-order chi connectivity index (χ0) is 13.1. The molecule has 0 aromatic carbocycles. The van der Waals surface area contributed by atoms with Crippen molar-refractivity contribution in [3.05, 3.63) is 16.6 Å². The highest BCUT2D eigenvalue weighted by Gasteiger charge is 2.34. The number of aryl methyl sites for hydroxylation is 1. The highest BCUT2D eigenvalue weighted by Crippen LogP contribution is 2.15. The number of rotatable bonds is 5. The van der Waals surface area contributed by atoms with Gasteiger partial charge in [0.05, 0.1) is 5.01 Å². The van der Waals surface area contributed by atoms with Crippen molar-refractivity contribution in [1.82, 2.24) is 9.88 Å². The molecule has 0 fully saturated rings. The number of carboxylic acid groups (broad SMARTS) is 1. The number of amides is 1. The van der Waals surface area contributed by atoms with E-state index in [1.165, 1.54) is 37.1 Å². The van der Waals surface area contributed by atoms with E-state index in [4.69, 9.17) is 5.11 Å². The van der Waals surface area contributed by atoms with E-state index in [1.807, 2.05) is 5.38 Å². The van der Waals surface area contributed by atoms with E-state index in [0.29, 0.717) is 6.42 Å². The van der Waals surface area contributed by atoms with Gasteiger partial charge in [-0.3, -0.25) is 4.79 Å². The Kier molecular flexibility index (Phi) is 4.22. The zero-order valence-corrected chi connectivity index (χ0v) is 11.0. The average molecular weight is 256 g/mol. The van der Waals surface area contributed by atoms with Gasteiger partial charge in [-0.05, 0) is 13.8 Å². The number of hydrogen-bond acceptors (Lipinski definition) is 4. The fourth-order valence-electron chi connectivity index (χ4n) is 1.21. The van der Waals surface area contributed by atoms with Crippen LogP contribution >= 0.6 is 11.3 Å². The standard InChI is InChI=1S/C11H16N2O3S/c1-11(2,10(15)16)13(3)9(14)5-4-8-12-6-7-17-8/h6-7H,4-5H2,1-3H3,(H,15,16). The monoisotopic (exact) mass is 256 g/mol. The van der Waals surface area contributed by atoms with Gasteiger partial charge in [0.15, 0.2) is 0 Å². The van der Waals surface area contributed by atoms with Crippen LogP contribution in [0.3, 0.4) is 0 Å². The highest BCUT2D eigenvalue weighted by atomic mass is 32.1. The molecule has 17 heavy (non-hydrogen) atoms. The Morgan fingerprint density at radius 2 is 2.18 bits per heavy atom. The number of likely N-dealkylation sites (N-methyl/N-ethyl adjacent to an activating group) is 1. The maximum absolute atomic E-state index is 11.8. The third-order valence-corrected chi connectivity index (χ3v) is 3.61. The summed E-state index contributed by atoms with van der Waals surface area (Å²) >= 11 is 1.49. The van der Waals surface area contributed by atoms with Crippen LogP contribution in [0.25, 0.3) is 0 Å². The number of nitrogens with zero attached hydrogens (tertiary/aromatic N) is 2. The van der Waals surface area contributed by atoms with Gasteiger partial charge >= 0.3 is 5.97 Å². The minimum atomic E-state index is -1.18. The number of aromatic nitrogens is 1. The van der Waals surface area contributed by atoms with Crippen LogP contribution in [0, 0.1) is 0 Å². The number of hydrogen-bond donors (Lipinski definition) is 1. The van der Waals surface area contributed by atoms with Crippen molar-refractivity contribution >= 4 is 23.2 Å². The van der Waals surface area contributed by atoms with Crippen molar-refractivity contribution in [2.45, 2.75) is 32.2 Å². The summed E-state index contributed by atoms with van der Waals surface area (Å²) in [4.78, 5) is 28.2. The smallest absolute Gasteiger partial charge is 0.329 e. The highest BCUT2D eigenvalue weighted by molar-refractivity contribution is 7.09. The molecule has 0 radical (unpaired) electrons. The number of carboxylic acids is 1. The van der Waals surface area contributed by atoms with Crippen LogP contribution in [-0.2, 0) is 16.0 Å². The van der Waals surface area contributed by atoms with Crippen molar-refractivity contribution in [3.8, 4) is 0 Å². The van der Waals surface area contributed by atoms with Crippen molar-refractivity contribution in [2.24, 2.45) is 0 Å². The molecule has 0 saturated heterocycles. The minimum absolute atomic E-state index is 0.187. The van der Waals surface area contributed by atoms with E-state index in [-0.39, 0.29) is 12.3 Å². The second-order valence-corrected chi connectivity index (χ2v) is 5.22. The summed E-state index contributed by atoms with van der Waals surface area (Å²) in [6.07, 6.45) is 2.52. The Morgan fingerprint density at radius 1 is 1.53 bits per heavy atom. The van der Waals surface area contributed by atoms with Gasteiger partial charge in [0.25, 0.3) is 0 Å². The van der Waals surface area contributed by atoms with Gasteiger partial charge in [-0.1, -0.05) is 0 Å². The second-order valence-electron chi connectivity index (χ2n) is 4.24. The molecule has 1 aromatic rings. The summed E-state index contributed by atoms with van der Waals surface area (Å²) in [5.41, 5.74) is -1.18. The van der Waals surface area contributed by atoms with Gasteiger partial charge in [-0.15, -0.1) is 11.3 Å². The summed E-state index contributed by atoms with van der Waals surface area (Å²) in [5.74, 6) is -1.20. The Bertz CT molecular complexity index is 401. The largest absolute Gasteiger partial charge is 0.480 e. The van der Waals surface area contributed by atoms with Crippen LogP contribution in [0.1, 0.15) is 25.3 Å². The Labute approximate surface area is 104 Å². The second kappa shape index (κ2) is 5.27. The normalized spacial score (nSPS) is 11.2. The lowest BCUT2D eigenvalue weighted by Gasteiger charge is -2.31. The van der Waals surface area contributed by atoms with E-state index in [0.717, 1.165) is 5.01 Å². The predicted octanol–water partition coefficient (Wildman–Crippen LogP) is 1.40. The molecule has 0 aliphatic carbocycles. The van der Waals surface area contributed by atoms with Crippen molar-refractivity contribution in [2.75, 3.05) is 7.05 Å². The molecular weight excluding hydrogens is 240 g/mol. The minimum Gasteiger partial charge on any atom is -0.480 e. The fraction of sp³-hybridized carbons (Fsp3) is 0.545. The van der Waals surface area contributed by atoms with Gasteiger partial charge in [-0.2, -0.15) is 0 Å². The fourth-order valence-corrected chi connectivity index (χ4v) is 1.83. The Hall–Kier alpha value is -1.43. The van der Waals surface area contributed by atoms with Gasteiger partial charge in [-0.25, -0.2) is 9.78 Å². The number of aliphatic carboxylic acids is 1. The molecule has 1 N–H and O–H groups in total. The van der Waals surface area contributed by atoms with Gasteiger partial charge in [0, 0.05) is 31.5 Å². The van der Waals surface area contributed by atoms with Gasteiger partial charge in [0.2, 0.25) is 5.91 Å². The first-order valence-electron chi connectivity index (χ1n) is 5.24. The van der Waals surface area contributed by atoms with Crippen molar-refractivity contribution in [1.29, 1.82) is 0 Å². The Morgan fingerprint density at radius 3 is 2.65 bits per heavy atom. The summed E-state index contributed by atoms with van der Waals surface area (Å²) in [6, 6.07) is 0. The lowest BCUT2D eigenvalue weighted by Crippen LogP contribution is -2.50. The van der Waals surface area contributed by atoms with Crippen LogP contribution in [0.5, 0.6) is 0 Å². The molecule has 0 aliphatic heterocycles. The molecule has 0 saturated carbocycles. The molecule has 1 amide bonds. The van der Waals surface area contributed by atoms with Crippen LogP contribution in [-0.4, -0.2) is 39.5 Å². The molecule has 6 heteroatoms. The number of carbonyl (C=O) groups is 2. The number of thiazole rings is 1. The predicted molar refractivity (Wildman–Crippen MR) is 64.9 cm³/mol. The topological polar surface area (TPSA) is 70.5 Å².